The Morgan fingerprint density at radius 1 is 1.17 bits per heavy atom. The molecule has 1 heterocycles. The number of alkyl halides is 3. The summed E-state index contributed by atoms with van der Waals surface area (Å²) in [6.45, 7) is 9.19. The van der Waals surface area contributed by atoms with E-state index in [9.17, 15) is 18.0 Å². The van der Waals surface area contributed by atoms with Gasteiger partial charge < -0.3 is 9.30 Å². The second-order valence-corrected chi connectivity index (χ2v) is 10.7. The van der Waals surface area contributed by atoms with Gasteiger partial charge in [-0.25, -0.2) is 4.98 Å². The summed E-state index contributed by atoms with van der Waals surface area (Å²) in [5.41, 5.74) is -0.174. The lowest BCUT2D eigenvalue weighted by Gasteiger charge is -2.37. The molecule has 0 aliphatic heterocycles. The van der Waals surface area contributed by atoms with Crippen LogP contribution in [0.2, 0.25) is 0 Å². The lowest BCUT2D eigenvalue weighted by Crippen LogP contribution is -2.36. The summed E-state index contributed by atoms with van der Waals surface area (Å²) in [5.74, 6) is 2.53. The topological polar surface area (TPSA) is 44.1 Å². The van der Waals surface area contributed by atoms with Crippen LogP contribution in [0.1, 0.15) is 58.9 Å². The molecular formula is C28H35F3N2O2. The van der Waals surface area contributed by atoms with Crippen molar-refractivity contribution in [2.75, 3.05) is 6.61 Å². The van der Waals surface area contributed by atoms with Gasteiger partial charge in [0.05, 0.1) is 22.9 Å². The molecule has 4 nitrogen and oxygen atoms in total. The average molecular weight is 489 g/mol. The van der Waals surface area contributed by atoms with Crippen molar-refractivity contribution in [3.63, 3.8) is 0 Å². The molecule has 0 bridgehead atoms. The van der Waals surface area contributed by atoms with Crippen molar-refractivity contribution < 1.29 is 22.7 Å². The standard InChI is InChI=1S/C28H35F3N2O2/c1-17(2)23-11-5-18(3)13-21(23)16-35-26(34)15-33-25-12-6-19(4)14-24(25)32-27(33)20-7-9-22(10-8-20)28(29,30)31/h7-10,12,14,17-19,21,23H,5-6,11,13,15-16H2,1-4H3/t18?,19?,21-,23?/m0/s1. The molecule has 4 rings (SSSR count). The maximum absolute atomic E-state index is 13.0. The smallest absolute Gasteiger partial charge is 0.416 e. The summed E-state index contributed by atoms with van der Waals surface area (Å²) in [4.78, 5) is 17.7. The largest absolute Gasteiger partial charge is 0.464 e. The summed E-state index contributed by atoms with van der Waals surface area (Å²) >= 11 is 0. The second kappa shape index (κ2) is 10.2. The Labute approximate surface area is 204 Å². The number of ether oxygens (including phenoxy) is 1. The van der Waals surface area contributed by atoms with Crippen LogP contribution < -0.4 is 10.7 Å². The van der Waals surface area contributed by atoms with E-state index in [0.717, 1.165) is 42.1 Å². The molecule has 7 heteroatoms. The third-order valence-electron chi connectivity index (χ3n) is 7.54. The molecule has 2 aliphatic carbocycles. The second-order valence-electron chi connectivity index (χ2n) is 10.7. The van der Waals surface area contributed by atoms with E-state index in [1.54, 1.807) is 4.57 Å². The summed E-state index contributed by atoms with van der Waals surface area (Å²) in [6.07, 6.45) is 3.95. The van der Waals surface area contributed by atoms with Crippen LogP contribution in [-0.4, -0.2) is 22.1 Å². The molecule has 2 aliphatic rings. The van der Waals surface area contributed by atoms with E-state index in [-0.39, 0.29) is 12.5 Å². The average Bonchev–Trinajstić information content (AvgIpc) is 3.14. The number of nitrogens with zero attached hydrogens (tertiary/aromatic N) is 2. The number of carbonyl (C=O) groups is 1. The minimum atomic E-state index is -4.40. The first kappa shape index (κ1) is 25.5. The van der Waals surface area contributed by atoms with Gasteiger partial charge >= 0.3 is 12.1 Å². The number of fused-ring (bicyclic) bond motifs is 1. The first-order valence-electron chi connectivity index (χ1n) is 12.6. The summed E-state index contributed by atoms with van der Waals surface area (Å²) < 4.78 is 46.7. The van der Waals surface area contributed by atoms with Crippen LogP contribution in [0.3, 0.4) is 0 Å². The summed E-state index contributed by atoms with van der Waals surface area (Å²) in [6, 6.07) is 4.94. The first-order valence-corrected chi connectivity index (χ1v) is 12.6. The highest BCUT2D eigenvalue weighted by atomic mass is 19.4. The van der Waals surface area contributed by atoms with Crippen molar-refractivity contribution in [3.05, 3.63) is 40.5 Å². The fourth-order valence-corrected chi connectivity index (χ4v) is 5.61. The molecule has 190 valence electrons. The molecule has 1 aromatic carbocycles. The molecule has 0 amide bonds. The van der Waals surface area contributed by atoms with Gasteiger partial charge in [0.25, 0.3) is 0 Å². The third kappa shape index (κ3) is 5.81. The van der Waals surface area contributed by atoms with Crippen LogP contribution in [0.5, 0.6) is 0 Å². The Morgan fingerprint density at radius 2 is 1.89 bits per heavy atom. The summed E-state index contributed by atoms with van der Waals surface area (Å²) in [5, 5.41) is 1.58. The van der Waals surface area contributed by atoms with Crippen LogP contribution in [0.25, 0.3) is 23.5 Å². The minimum absolute atomic E-state index is 0.0218. The number of halogens is 3. The van der Waals surface area contributed by atoms with Crippen molar-refractivity contribution in [2.45, 2.75) is 66.1 Å². The fourth-order valence-electron chi connectivity index (χ4n) is 5.61. The Balaban J connectivity index is 1.57. The molecule has 3 unspecified atom stereocenters. The molecule has 0 radical (unpaired) electrons. The van der Waals surface area contributed by atoms with Crippen LogP contribution in [-0.2, 0) is 22.3 Å². The molecular weight excluding hydrogens is 453 g/mol. The van der Waals surface area contributed by atoms with Gasteiger partial charge in [0.15, 0.2) is 0 Å². The van der Waals surface area contributed by atoms with Crippen molar-refractivity contribution in [3.8, 4) is 11.4 Å². The maximum atomic E-state index is 13.0. The molecule has 4 atom stereocenters. The van der Waals surface area contributed by atoms with Gasteiger partial charge in [-0.1, -0.05) is 58.4 Å². The van der Waals surface area contributed by atoms with Crippen molar-refractivity contribution in [1.29, 1.82) is 0 Å². The highest BCUT2D eigenvalue weighted by Gasteiger charge is 2.32. The van der Waals surface area contributed by atoms with Gasteiger partial charge in [0.1, 0.15) is 12.4 Å². The predicted octanol–water partition coefficient (Wildman–Crippen LogP) is 5.42. The van der Waals surface area contributed by atoms with E-state index in [2.05, 4.69) is 27.7 Å². The zero-order chi connectivity index (χ0) is 25.3. The fraction of sp³-hybridized carbons (Fsp3) is 0.571. The van der Waals surface area contributed by atoms with Gasteiger partial charge in [0.2, 0.25) is 0 Å². The molecule has 1 aromatic heterocycles. The monoisotopic (exact) mass is 488 g/mol. The van der Waals surface area contributed by atoms with Gasteiger partial charge in [-0.3, -0.25) is 4.79 Å². The molecule has 0 saturated heterocycles. The van der Waals surface area contributed by atoms with Crippen LogP contribution >= 0.6 is 0 Å². The molecule has 1 saturated carbocycles. The lowest BCUT2D eigenvalue weighted by molar-refractivity contribution is -0.147. The number of rotatable bonds is 6. The number of benzene rings is 1. The number of hydrogen-bond donors (Lipinski definition) is 0. The highest BCUT2D eigenvalue weighted by Crippen LogP contribution is 2.38. The first-order chi connectivity index (χ1) is 16.5. The predicted molar refractivity (Wildman–Crippen MR) is 130 cm³/mol. The van der Waals surface area contributed by atoms with Crippen molar-refractivity contribution >= 4 is 18.1 Å². The minimum Gasteiger partial charge on any atom is -0.464 e. The van der Waals surface area contributed by atoms with Gasteiger partial charge in [0, 0.05) is 5.56 Å². The van der Waals surface area contributed by atoms with E-state index >= 15 is 0 Å². The normalized spacial score (nSPS) is 24.5. The van der Waals surface area contributed by atoms with E-state index < -0.39 is 11.7 Å². The Bertz CT molecular complexity index is 1160. The lowest BCUT2D eigenvalue weighted by atomic mass is 9.70. The van der Waals surface area contributed by atoms with E-state index in [0.29, 0.717) is 47.6 Å². The van der Waals surface area contributed by atoms with Gasteiger partial charge in [-0.15, -0.1) is 0 Å². The highest BCUT2D eigenvalue weighted by molar-refractivity contribution is 5.71. The van der Waals surface area contributed by atoms with E-state index in [1.807, 2.05) is 12.2 Å². The molecule has 2 aromatic rings. The number of imidazole rings is 1. The Morgan fingerprint density at radius 3 is 2.54 bits per heavy atom. The molecule has 35 heavy (non-hydrogen) atoms. The third-order valence-corrected chi connectivity index (χ3v) is 7.54. The Hall–Kier alpha value is -2.57. The zero-order valence-electron chi connectivity index (χ0n) is 20.9. The number of hydrogen-bond acceptors (Lipinski definition) is 3. The van der Waals surface area contributed by atoms with Crippen LogP contribution in [0.15, 0.2) is 24.3 Å². The van der Waals surface area contributed by atoms with E-state index in [1.165, 1.54) is 18.6 Å². The number of carbonyl (C=O) groups excluding carboxylic acids is 1. The van der Waals surface area contributed by atoms with Gasteiger partial charge in [-0.2, -0.15) is 13.2 Å². The zero-order valence-corrected chi connectivity index (χ0v) is 20.9. The summed E-state index contributed by atoms with van der Waals surface area (Å²) in [7, 11) is 0. The SMILES string of the molecule is CC1C=c2nc(-c3ccc(C(F)(F)F)cc3)n(CC(=O)OC[C@@H]3CC(C)CCC3C(C)C)c2=CC1. The molecule has 0 spiro atoms. The number of aromatic nitrogens is 2. The quantitative estimate of drug-likeness (QED) is 0.510. The molecule has 0 N–H and O–H groups in total. The number of esters is 1. The van der Waals surface area contributed by atoms with Crippen LogP contribution in [0, 0.1) is 29.6 Å². The van der Waals surface area contributed by atoms with E-state index in [4.69, 9.17) is 9.72 Å². The van der Waals surface area contributed by atoms with Crippen molar-refractivity contribution in [2.24, 2.45) is 29.6 Å². The van der Waals surface area contributed by atoms with Crippen molar-refractivity contribution in [1.82, 2.24) is 9.55 Å². The van der Waals surface area contributed by atoms with Crippen LogP contribution in [0.4, 0.5) is 13.2 Å². The molecule has 1 fully saturated rings. The maximum Gasteiger partial charge on any atom is 0.416 e. The Kier molecular flexibility index (Phi) is 7.43. The van der Waals surface area contributed by atoms with Gasteiger partial charge in [-0.05, 0) is 61.0 Å².